The highest BCUT2D eigenvalue weighted by atomic mass is 19.3. The zero-order valence-corrected chi connectivity index (χ0v) is 19.0. The predicted octanol–water partition coefficient (Wildman–Crippen LogP) is 5.11. The molecule has 2 aromatic carbocycles. The molecule has 0 radical (unpaired) electrons. The monoisotopic (exact) mass is 451 g/mol. The molecule has 0 aliphatic rings. The molecule has 2 heterocycles. The molecule has 0 amide bonds. The van der Waals surface area contributed by atoms with Crippen molar-refractivity contribution in [3.8, 4) is 11.4 Å². The van der Waals surface area contributed by atoms with Gasteiger partial charge >= 0.3 is 5.92 Å². The maximum absolute atomic E-state index is 14.2. The van der Waals surface area contributed by atoms with Gasteiger partial charge in [0.1, 0.15) is 5.82 Å². The van der Waals surface area contributed by atoms with E-state index >= 15 is 0 Å². The zero-order chi connectivity index (χ0) is 23.4. The summed E-state index contributed by atoms with van der Waals surface area (Å²) in [6.07, 6.45) is 1.23. The number of rotatable bonds is 9. The molecule has 0 fully saturated rings. The molecule has 1 unspecified atom stereocenters. The fourth-order valence-corrected chi connectivity index (χ4v) is 3.61. The SMILES string of the molecule is CCC(C)c1nc(C(F)(F)CC)nn1Cc1ccc(Cc2cccc(-c3nn[nH]n3)c2)cc1. The first-order valence-corrected chi connectivity index (χ1v) is 11.1. The van der Waals surface area contributed by atoms with Crippen molar-refractivity contribution in [3.63, 3.8) is 0 Å². The molecular weight excluding hydrogens is 424 g/mol. The van der Waals surface area contributed by atoms with Crippen molar-refractivity contribution in [2.45, 2.75) is 58.4 Å². The van der Waals surface area contributed by atoms with Gasteiger partial charge in [0, 0.05) is 17.9 Å². The highest BCUT2D eigenvalue weighted by molar-refractivity contribution is 5.55. The maximum atomic E-state index is 14.2. The molecule has 1 N–H and O–H groups in total. The summed E-state index contributed by atoms with van der Waals surface area (Å²) in [5.74, 6) is -2.20. The number of nitrogens with one attached hydrogen (secondary N) is 1. The minimum atomic E-state index is -3.02. The van der Waals surface area contributed by atoms with Crippen LogP contribution in [0.4, 0.5) is 8.78 Å². The Morgan fingerprint density at radius 2 is 1.79 bits per heavy atom. The van der Waals surface area contributed by atoms with Gasteiger partial charge in [-0.1, -0.05) is 63.2 Å². The molecule has 0 saturated carbocycles. The van der Waals surface area contributed by atoms with Crippen LogP contribution in [0.15, 0.2) is 48.5 Å². The van der Waals surface area contributed by atoms with Crippen molar-refractivity contribution >= 4 is 0 Å². The molecule has 0 saturated heterocycles. The van der Waals surface area contributed by atoms with E-state index in [1.165, 1.54) is 6.92 Å². The minimum absolute atomic E-state index is 0.0460. The maximum Gasteiger partial charge on any atom is 0.308 e. The molecule has 4 aromatic rings. The second-order valence-corrected chi connectivity index (χ2v) is 8.25. The first-order chi connectivity index (χ1) is 15.9. The number of tetrazole rings is 1. The summed E-state index contributed by atoms with van der Waals surface area (Å²) in [5.41, 5.74) is 4.16. The lowest BCUT2D eigenvalue weighted by Gasteiger charge is -2.11. The summed E-state index contributed by atoms with van der Waals surface area (Å²) in [6, 6.07) is 16.1. The first kappa shape index (κ1) is 22.7. The van der Waals surface area contributed by atoms with Crippen LogP contribution >= 0.6 is 0 Å². The van der Waals surface area contributed by atoms with Crippen LogP contribution in [-0.2, 0) is 18.9 Å². The van der Waals surface area contributed by atoms with Gasteiger partial charge in [0.05, 0.1) is 6.54 Å². The number of alkyl halides is 2. The number of H-pyrrole nitrogens is 1. The van der Waals surface area contributed by atoms with E-state index in [2.05, 4.69) is 48.9 Å². The van der Waals surface area contributed by atoms with Crippen molar-refractivity contribution in [1.82, 2.24) is 35.4 Å². The molecular formula is C24H27F2N7. The number of nitrogens with zero attached hydrogens (tertiary/aromatic N) is 6. The largest absolute Gasteiger partial charge is 0.308 e. The number of hydrogen-bond acceptors (Lipinski definition) is 5. The summed E-state index contributed by atoms with van der Waals surface area (Å²) in [5, 5.41) is 18.3. The molecule has 7 nitrogen and oxygen atoms in total. The summed E-state index contributed by atoms with van der Waals surface area (Å²) >= 11 is 0. The molecule has 0 spiro atoms. The van der Waals surface area contributed by atoms with Crippen LogP contribution in [-0.4, -0.2) is 35.4 Å². The Balaban J connectivity index is 1.51. The summed E-state index contributed by atoms with van der Waals surface area (Å²) < 4.78 is 30.0. The van der Waals surface area contributed by atoms with Crippen LogP contribution in [0.5, 0.6) is 0 Å². The molecule has 2 aromatic heterocycles. The summed E-state index contributed by atoms with van der Waals surface area (Å²) in [7, 11) is 0. The van der Waals surface area contributed by atoms with E-state index < -0.39 is 11.7 Å². The van der Waals surface area contributed by atoms with Gasteiger partial charge in [-0.2, -0.15) is 14.0 Å². The molecule has 9 heteroatoms. The molecule has 0 aliphatic carbocycles. The van der Waals surface area contributed by atoms with Crippen molar-refractivity contribution in [1.29, 1.82) is 0 Å². The molecule has 172 valence electrons. The second kappa shape index (κ2) is 9.56. The van der Waals surface area contributed by atoms with Crippen LogP contribution < -0.4 is 0 Å². The second-order valence-electron chi connectivity index (χ2n) is 8.25. The topological polar surface area (TPSA) is 85.2 Å². The third-order valence-electron chi connectivity index (χ3n) is 5.82. The Hall–Kier alpha value is -3.49. The standard InChI is InChI=1S/C24H27F2N7/c1-4-16(3)22-27-23(24(25,26)5-2)30-33(22)15-18-11-9-17(10-12-18)13-19-7-6-8-20(14-19)21-28-31-32-29-21/h6-12,14,16H,4-5,13,15H2,1-3H3,(H,28,29,31,32). The van der Waals surface area contributed by atoms with Gasteiger partial charge in [0.15, 0.2) is 0 Å². The Bertz CT molecular complexity index is 1180. The smallest absolute Gasteiger partial charge is 0.245 e. The average molecular weight is 452 g/mol. The number of benzene rings is 2. The van der Waals surface area contributed by atoms with Gasteiger partial charge < -0.3 is 0 Å². The normalized spacial score (nSPS) is 12.8. The summed E-state index contributed by atoms with van der Waals surface area (Å²) in [4.78, 5) is 4.21. The van der Waals surface area contributed by atoms with Crippen LogP contribution in [0, 0.1) is 0 Å². The van der Waals surface area contributed by atoms with Crippen molar-refractivity contribution in [2.24, 2.45) is 0 Å². The quantitative estimate of drug-likeness (QED) is 0.382. The van der Waals surface area contributed by atoms with Crippen molar-refractivity contribution < 1.29 is 8.78 Å². The fourth-order valence-electron chi connectivity index (χ4n) is 3.61. The van der Waals surface area contributed by atoms with E-state index in [1.807, 2.05) is 44.2 Å². The lowest BCUT2D eigenvalue weighted by molar-refractivity contribution is -0.0177. The first-order valence-electron chi connectivity index (χ1n) is 11.1. The van der Waals surface area contributed by atoms with Crippen LogP contribution in [0.1, 0.15) is 67.9 Å². The number of halogens is 2. The van der Waals surface area contributed by atoms with Gasteiger partial charge in [-0.15, -0.1) is 15.3 Å². The molecule has 33 heavy (non-hydrogen) atoms. The van der Waals surface area contributed by atoms with Gasteiger partial charge in [-0.05, 0) is 40.8 Å². The Morgan fingerprint density at radius 1 is 1.03 bits per heavy atom. The Labute approximate surface area is 191 Å². The molecule has 1 atom stereocenters. The summed E-state index contributed by atoms with van der Waals surface area (Å²) in [6.45, 7) is 5.85. The Kier molecular flexibility index (Phi) is 6.57. The average Bonchev–Trinajstić information content (AvgIpc) is 3.51. The van der Waals surface area contributed by atoms with Gasteiger partial charge in [-0.25, -0.2) is 9.67 Å². The molecule has 0 bridgehead atoms. The van der Waals surface area contributed by atoms with Crippen LogP contribution in [0.3, 0.4) is 0 Å². The minimum Gasteiger partial charge on any atom is -0.245 e. The van der Waals surface area contributed by atoms with Gasteiger partial charge in [-0.3, -0.25) is 0 Å². The van der Waals surface area contributed by atoms with Gasteiger partial charge in [0.2, 0.25) is 11.6 Å². The molecule has 4 rings (SSSR count). The van der Waals surface area contributed by atoms with E-state index in [1.54, 1.807) is 4.68 Å². The van der Waals surface area contributed by atoms with Gasteiger partial charge in [0.25, 0.3) is 0 Å². The fraction of sp³-hybridized carbons (Fsp3) is 0.375. The third kappa shape index (κ3) is 5.13. The highest BCUT2D eigenvalue weighted by Crippen LogP contribution is 2.30. The third-order valence-corrected chi connectivity index (χ3v) is 5.82. The Morgan fingerprint density at radius 3 is 2.45 bits per heavy atom. The van der Waals surface area contributed by atoms with E-state index in [0.717, 1.165) is 35.1 Å². The predicted molar refractivity (Wildman–Crippen MR) is 121 cm³/mol. The zero-order valence-electron chi connectivity index (χ0n) is 19.0. The lowest BCUT2D eigenvalue weighted by Crippen LogP contribution is -2.14. The van der Waals surface area contributed by atoms with E-state index in [4.69, 9.17) is 0 Å². The van der Waals surface area contributed by atoms with Crippen molar-refractivity contribution in [3.05, 3.63) is 76.9 Å². The van der Waals surface area contributed by atoms with Crippen LogP contribution in [0.2, 0.25) is 0 Å². The van der Waals surface area contributed by atoms with E-state index in [9.17, 15) is 8.78 Å². The molecule has 0 aliphatic heterocycles. The van der Waals surface area contributed by atoms with E-state index in [-0.39, 0.29) is 12.3 Å². The number of aromatic amines is 1. The van der Waals surface area contributed by atoms with E-state index in [0.29, 0.717) is 18.2 Å². The number of hydrogen-bond donors (Lipinski definition) is 1. The lowest BCUT2D eigenvalue weighted by atomic mass is 10.0. The van der Waals surface area contributed by atoms with Crippen LogP contribution in [0.25, 0.3) is 11.4 Å². The highest BCUT2D eigenvalue weighted by Gasteiger charge is 2.35. The van der Waals surface area contributed by atoms with Crippen molar-refractivity contribution in [2.75, 3.05) is 0 Å². The number of aromatic nitrogens is 7.